The van der Waals surface area contributed by atoms with E-state index in [0.717, 1.165) is 13.1 Å². The van der Waals surface area contributed by atoms with E-state index >= 15 is 0 Å². The van der Waals surface area contributed by atoms with Gasteiger partial charge < -0.3 is 5.73 Å². The lowest BCUT2D eigenvalue weighted by atomic mass is 9.90. The molecule has 4 heteroatoms. The van der Waals surface area contributed by atoms with Crippen molar-refractivity contribution in [3.63, 3.8) is 0 Å². The van der Waals surface area contributed by atoms with Crippen molar-refractivity contribution in [2.45, 2.75) is 57.7 Å². The fraction of sp³-hybridized carbons (Fsp3) is 0.786. The highest BCUT2D eigenvalue weighted by Gasteiger charge is 2.24. The molecule has 0 aliphatic heterocycles. The fourth-order valence-electron chi connectivity index (χ4n) is 2.90. The minimum atomic E-state index is 0.430. The van der Waals surface area contributed by atoms with E-state index in [2.05, 4.69) is 23.0 Å². The van der Waals surface area contributed by atoms with Crippen LogP contribution in [0.1, 0.15) is 44.7 Å². The fourth-order valence-corrected chi connectivity index (χ4v) is 2.90. The van der Waals surface area contributed by atoms with E-state index in [1.54, 1.807) is 0 Å². The summed E-state index contributed by atoms with van der Waals surface area (Å²) in [6.45, 7) is 4.39. The second kappa shape index (κ2) is 6.34. The van der Waals surface area contributed by atoms with Crippen molar-refractivity contribution in [1.82, 2.24) is 14.7 Å². The second-order valence-corrected chi connectivity index (χ2v) is 5.52. The number of aryl methyl sites for hydroxylation is 1. The maximum Gasteiger partial charge on any atom is 0.0764 e. The summed E-state index contributed by atoms with van der Waals surface area (Å²) >= 11 is 0. The van der Waals surface area contributed by atoms with E-state index in [1.807, 2.05) is 17.9 Å². The topological polar surface area (TPSA) is 47.1 Å². The molecule has 1 aromatic rings. The van der Waals surface area contributed by atoms with Gasteiger partial charge in [-0.05, 0) is 44.7 Å². The molecular formula is C14H26N4. The average Bonchev–Trinajstić information content (AvgIpc) is 2.75. The van der Waals surface area contributed by atoms with Crippen LogP contribution >= 0.6 is 0 Å². The van der Waals surface area contributed by atoms with Crippen molar-refractivity contribution in [3.05, 3.63) is 18.0 Å². The first-order valence-electron chi connectivity index (χ1n) is 7.17. The monoisotopic (exact) mass is 250 g/mol. The Bertz CT molecular complexity index is 352. The summed E-state index contributed by atoms with van der Waals surface area (Å²) in [5, 5.41) is 4.49. The SMILES string of the molecule is CCCN(Cc1ccn(C)n1)C1CCC(N)CC1. The Morgan fingerprint density at radius 1 is 1.39 bits per heavy atom. The van der Waals surface area contributed by atoms with Crippen LogP contribution in [-0.4, -0.2) is 33.3 Å². The third-order valence-corrected chi connectivity index (χ3v) is 3.90. The van der Waals surface area contributed by atoms with Gasteiger partial charge in [-0.15, -0.1) is 0 Å². The highest BCUT2D eigenvalue weighted by atomic mass is 15.3. The normalized spacial score (nSPS) is 24.7. The molecule has 0 radical (unpaired) electrons. The molecule has 102 valence electrons. The number of nitrogens with zero attached hydrogens (tertiary/aromatic N) is 3. The summed E-state index contributed by atoms with van der Waals surface area (Å²) in [6.07, 6.45) is 8.06. The number of nitrogens with two attached hydrogens (primary N) is 1. The molecule has 0 aromatic carbocycles. The van der Waals surface area contributed by atoms with Gasteiger partial charge in [0.05, 0.1) is 5.69 Å². The summed E-state index contributed by atoms with van der Waals surface area (Å²) in [5.41, 5.74) is 7.17. The average molecular weight is 250 g/mol. The van der Waals surface area contributed by atoms with Crippen molar-refractivity contribution in [3.8, 4) is 0 Å². The molecule has 2 rings (SSSR count). The standard InChI is InChI=1S/C14H26N4/c1-3-9-18(11-13-8-10-17(2)16-13)14-6-4-12(15)5-7-14/h8,10,12,14H,3-7,9,11,15H2,1-2H3. The van der Waals surface area contributed by atoms with Crippen LogP contribution in [0.5, 0.6) is 0 Å². The van der Waals surface area contributed by atoms with Crippen LogP contribution in [0, 0.1) is 0 Å². The van der Waals surface area contributed by atoms with Gasteiger partial charge in [-0.1, -0.05) is 6.92 Å². The molecule has 0 amide bonds. The summed E-state index contributed by atoms with van der Waals surface area (Å²) in [4.78, 5) is 2.59. The van der Waals surface area contributed by atoms with Crippen molar-refractivity contribution in [2.24, 2.45) is 12.8 Å². The lowest BCUT2D eigenvalue weighted by Gasteiger charge is -2.35. The first-order valence-corrected chi connectivity index (χ1v) is 7.17. The summed E-state index contributed by atoms with van der Waals surface area (Å²) in [5.74, 6) is 0. The molecule has 1 aliphatic carbocycles. The maximum absolute atomic E-state index is 5.99. The zero-order valence-corrected chi connectivity index (χ0v) is 11.7. The molecule has 1 aliphatic rings. The van der Waals surface area contributed by atoms with E-state index in [1.165, 1.54) is 37.8 Å². The van der Waals surface area contributed by atoms with Gasteiger partial charge in [-0.2, -0.15) is 5.10 Å². The van der Waals surface area contributed by atoms with E-state index in [0.29, 0.717) is 12.1 Å². The maximum atomic E-state index is 5.99. The number of hydrogen-bond donors (Lipinski definition) is 1. The molecule has 0 spiro atoms. The third-order valence-electron chi connectivity index (χ3n) is 3.90. The van der Waals surface area contributed by atoms with Gasteiger partial charge in [0.15, 0.2) is 0 Å². The number of aromatic nitrogens is 2. The molecule has 0 atom stereocenters. The van der Waals surface area contributed by atoms with Crippen LogP contribution in [0.2, 0.25) is 0 Å². The van der Waals surface area contributed by atoms with Gasteiger partial charge in [0.2, 0.25) is 0 Å². The lowest BCUT2D eigenvalue weighted by Crippen LogP contribution is -2.41. The molecule has 2 N–H and O–H groups in total. The Morgan fingerprint density at radius 3 is 2.67 bits per heavy atom. The lowest BCUT2D eigenvalue weighted by molar-refractivity contribution is 0.140. The van der Waals surface area contributed by atoms with E-state index < -0.39 is 0 Å². The minimum absolute atomic E-state index is 0.430. The second-order valence-electron chi connectivity index (χ2n) is 5.52. The van der Waals surface area contributed by atoms with Crippen molar-refractivity contribution in [1.29, 1.82) is 0 Å². The van der Waals surface area contributed by atoms with Gasteiger partial charge in [0.25, 0.3) is 0 Å². The van der Waals surface area contributed by atoms with Crippen molar-refractivity contribution >= 4 is 0 Å². The minimum Gasteiger partial charge on any atom is -0.328 e. The Kier molecular flexibility index (Phi) is 4.78. The van der Waals surface area contributed by atoms with E-state index in [-0.39, 0.29) is 0 Å². The Morgan fingerprint density at radius 2 is 2.11 bits per heavy atom. The van der Waals surface area contributed by atoms with E-state index in [4.69, 9.17) is 5.73 Å². The smallest absolute Gasteiger partial charge is 0.0764 e. The molecular weight excluding hydrogens is 224 g/mol. The first kappa shape index (κ1) is 13.6. The molecule has 1 heterocycles. The van der Waals surface area contributed by atoms with Crippen LogP contribution in [0.4, 0.5) is 0 Å². The Balaban J connectivity index is 1.94. The van der Waals surface area contributed by atoms with Gasteiger partial charge in [-0.3, -0.25) is 9.58 Å². The van der Waals surface area contributed by atoms with Gasteiger partial charge in [0, 0.05) is 31.9 Å². The zero-order chi connectivity index (χ0) is 13.0. The number of hydrogen-bond acceptors (Lipinski definition) is 3. The molecule has 0 unspecified atom stereocenters. The zero-order valence-electron chi connectivity index (χ0n) is 11.7. The Labute approximate surface area is 110 Å². The predicted octanol–water partition coefficient (Wildman–Crippen LogP) is 1.90. The molecule has 4 nitrogen and oxygen atoms in total. The van der Waals surface area contributed by atoms with Crippen molar-refractivity contribution in [2.75, 3.05) is 6.54 Å². The van der Waals surface area contributed by atoms with Crippen LogP contribution in [0.15, 0.2) is 12.3 Å². The quantitative estimate of drug-likeness (QED) is 0.868. The molecule has 0 bridgehead atoms. The number of rotatable bonds is 5. The third kappa shape index (κ3) is 3.56. The predicted molar refractivity (Wildman–Crippen MR) is 74.1 cm³/mol. The summed E-state index contributed by atoms with van der Waals surface area (Å²) < 4.78 is 1.89. The largest absolute Gasteiger partial charge is 0.328 e. The molecule has 1 fully saturated rings. The van der Waals surface area contributed by atoms with Gasteiger partial charge >= 0.3 is 0 Å². The first-order chi connectivity index (χ1) is 8.69. The summed E-state index contributed by atoms with van der Waals surface area (Å²) in [7, 11) is 1.98. The highest BCUT2D eigenvalue weighted by molar-refractivity contribution is 4.99. The highest BCUT2D eigenvalue weighted by Crippen LogP contribution is 2.23. The van der Waals surface area contributed by atoms with E-state index in [9.17, 15) is 0 Å². The molecule has 1 saturated carbocycles. The molecule has 0 saturated heterocycles. The van der Waals surface area contributed by atoms with Crippen LogP contribution in [-0.2, 0) is 13.6 Å². The molecule has 18 heavy (non-hydrogen) atoms. The van der Waals surface area contributed by atoms with Gasteiger partial charge in [0.1, 0.15) is 0 Å². The van der Waals surface area contributed by atoms with Crippen molar-refractivity contribution < 1.29 is 0 Å². The summed E-state index contributed by atoms with van der Waals surface area (Å²) in [6, 6.07) is 3.25. The van der Waals surface area contributed by atoms with Gasteiger partial charge in [-0.25, -0.2) is 0 Å². The molecule has 1 aromatic heterocycles. The van der Waals surface area contributed by atoms with Crippen LogP contribution in [0.3, 0.4) is 0 Å². The van der Waals surface area contributed by atoms with Crippen LogP contribution in [0.25, 0.3) is 0 Å². The Hall–Kier alpha value is -0.870. The van der Waals surface area contributed by atoms with Crippen LogP contribution < -0.4 is 5.73 Å².